The number of aliphatic imine (C=N–C) groups is 1. The number of amides is 3. The average molecular weight is 614 g/mol. The summed E-state index contributed by atoms with van der Waals surface area (Å²) < 4.78 is 43.3. The summed E-state index contributed by atoms with van der Waals surface area (Å²) >= 11 is 6.14. The van der Waals surface area contributed by atoms with E-state index in [1.807, 2.05) is 6.92 Å². The van der Waals surface area contributed by atoms with Crippen LogP contribution >= 0.6 is 11.6 Å². The summed E-state index contributed by atoms with van der Waals surface area (Å²) in [5.41, 5.74) is 8.98. The zero-order valence-corrected chi connectivity index (χ0v) is 23.6. The molecule has 0 aliphatic carbocycles. The normalized spacial score (nSPS) is 16.3. The second-order valence-corrected chi connectivity index (χ2v) is 9.95. The third kappa shape index (κ3) is 8.73. The van der Waals surface area contributed by atoms with Crippen LogP contribution in [0.5, 0.6) is 5.75 Å². The van der Waals surface area contributed by atoms with Crippen LogP contribution in [0.2, 0.25) is 5.02 Å². The number of carboxylic acid groups (broad SMARTS) is 1. The number of anilines is 1. The van der Waals surface area contributed by atoms with E-state index in [2.05, 4.69) is 20.6 Å². The predicted octanol–water partition coefficient (Wildman–Crippen LogP) is 4.36. The molecule has 0 saturated heterocycles. The van der Waals surface area contributed by atoms with Gasteiger partial charge in [0, 0.05) is 10.7 Å². The molecule has 2 unspecified atom stereocenters. The van der Waals surface area contributed by atoms with E-state index in [9.17, 15) is 32.7 Å². The van der Waals surface area contributed by atoms with Crippen molar-refractivity contribution in [1.82, 2.24) is 15.7 Å². The van der Waals surface area contributed by atoms with Crippen molar-refractivity contribution >= 4 is 41.0 Å². The first kappa shape index (κ1) is 32.5. The highest BCUT2D eigenvalue weighted by Crippen LogP contribution is 2.28. The highest BCUT2D eigenvalue weighted by atomic mass is 35.5. The number of nitrogens with two attached hydrogens (primary N) is 1. The van der Waals surface area contributed by atoms with E-state index in [1.165, 1.54) is 25.3 Å². The molecule has 0 fully saturated rings. The van der Waals surface area contributed by atoms with Crippen LogP contribution in [-0.2, 0) is 16.1 Å². The van der Waals surface area contributed by atoms with Crippen LogP contribution in [0.25, 0.3) is 0 Å². The highest BCUT2D eigenvalue weighted by molar-refractivity contribution is 6.30. The minimum atomic E-state index is -4.62. The zero-order valence-electron chi connectivity index (χ0n) is 22.8. The lowest BCUT2D eigenvalue weighted by Gasteiger charge is -2.27. The topological polar surface area (TPSA) is 156 Å². The van der Waals surface area contributed by atoms with Crippen molar-refractivity contribution in [3.05, 3.63) is 58.1 Å². The average Bonchev–Trinajstić information content (AvgIpc) is 3.06. The molecule has 0 spiro atoms. The molecule has 0 aromatic heterocycles. The first-order valence-electron chi connectivity index (χ1n) is 12.9. The van der Waals surface area contributed by atoms with Crippen molar-refractivity contribution in [2.45, 2.75) is 38.4 Å². The van der Waals surface area contributed by atoms with Gasteiger partial charge in [-0.3, -0.25) is 25.0 Å². The van der Waals surface area contributed by atoms with Gasteiger partial charge in [-0.05, 0) is 54.3 Å². The lowest BCUT2D eigenvalue weighted by Crippen LogP contribution is -2.50. The van der Waals surface area contributed by atoms with Gasteiger partial charge >= 0.3 is 18.2 Å². The van der Waals surface area contributed by atoms with Crippen molar-refractivity contribution in [2.75, 3.05) is 32.5 Å². The number of benzene rings is 2. The standard InChI is InChI=1S/C27H31ClF3N5O6/c1-3-4-21(15-5-7-19(25(38)39)20(32)11-15)34-26(40)36-13-23(35-42-14-27(29,30)31)33-12-17(24(36)37)9-16-10-18(28)6-8-22(16)41-2/h5-8,10-11,17,21H,3-4,9,12-14,32H2,1-2H3,(H,33,35)(H,34,40)(H,38,39). The Hall–Kier alpha value is -4.04. The quantitative estimate of drug-likeness (QED) is 0.227. The maximum atomic E-state index is 13.7. The molecule has 0 bridgehead atoms. The number of halogens is 4. The number of imide groups is 1. The molecule has 228 valence electrons. The number of aromatic carboxylic acids is 1. The molecule has 2 aromatic carbocycles. The number of hydrogen-bond donors (Lipinski definition) is 4. The Kier molecular flexibility index (Phi) is 11.0. The van der Waals surface area contributed by atoms with Gasteiger partial charge in [0.25, 0.3) is 0 Å². The Balaban J connectivity index is 1.90. The minimum absolute atomic E-state index is 0.00262. The predicted molar refractivity (Wildman–Crippen MR) is 148 cm³/mol. The number of rotatable bonds is 10. The van der Waals surface area contributed by atoms with E-state index in [-0.39, 0.29) is 30.1 Å². The fourth-order valence-corrected chi connectivity index (χ4v) is 4.58. The van der Waals surface area contributed by atoms with Crippen LogP contribution in [0.15, 0.2) is 41.4 Å². The van der Waals surface area contributed by atoms with Gasteiger partial charge < -0.3 is 20.9 Å². The molecule has 42 heavy (non-hydrogen) atoms. The summed E-state index contributed by atoms with van der Waals surface area (Å²) in [5, 5.41) is 12.4. The highest BCUT2D eigenvalue weighted by Gasteiger charge is 2.35. The summed E-state index contributed by atoms with van der Waals surface area (Å²) in [6.07, 6.45) is -3.53. The molecule has 2 atom stereocenters. The minimum Gasteiger partial charge on any atom is -0.496 e. The number of ether oxygens (including phenoxy) is 1. The number of carbonyl (C=O) groups is 3. The molecule has 3 amide bonds. The van der Waals surface area contributed by atoms with Crippen LogP contribution in [0.4, 0.5) is 23.7 Å². The monoisotopic (exact) mass is 613 g/mol. The van der Waals surface area contributed by atoms with Crippen molar-refractivity contribution < 1.29 is 42.2 Å². The maximum Gasteiger partial charge on any atom is 0.414 e. The fourth-order valence-electron chi connectivity index (χ4n) is 4.39. The van der Waals surface area contributed by atoms with E-state index in [0.29, 0.717) is 34.7 Å². The Labute approximate surface area is 244 Å². The number of nitrogen functional groups attached to an aromatic ring is 1. The zero-order chi connectivity index (χ0) is 31.0. The molecule has 1 aliphatic rings. The lowest BCUT2D eigenvalue weighted by molar-refractivity contribution is -0.182. The van der Waals surface area contributed by atoms with Gasteiger partial charge in [0.15, 0.2) is 6.61 Å². The number of nitrogens with zero attached hydrogens (tertiary/aromatic N) is 2. The third-order valence-electron chi connectivity index (χ3n) is 6.39. The summed E-state index contributed by atoms with van der Waals surface area (Å²) in [7, 11) is 1.45. The number of hydroxylamine groups is 1. The SMILES string of the molecule is CCCC(NC(=O)N1CC(NOCC(F)(F)F)=NCC(Cc2cc(Cl)ccc2OC)C1=O)c1ccc(C(=O)O)c(N)c1. The Morgan fingerprint density at radius 1 is 1.26 bits per heavy atom. The second-order valence-electron chi connectivity index (χ2n) is 9.52. The van der Waals surface area contributed by atoms with E-state index in [4.69, 9.17) is 22.1 Å². The first-order chi connectivity index (χ1) is 19.8. The number of alkyl halides is 3. The molecule has 0 radical (unpaired) electrons. The molecule has 5 N–H and O–H groups in total. The second kappa shape index (κ2) is 14.2. The molecule has 15 heteroatoms. The molecule has 1 aliphatic heterocycles. The van der Waals surface area contributed by atoms with Crippen molar-refractivity contribution in [2.24, 2.45) is 10.9 Å². The molecular weight excluding hydrogens is 583 g/mol. The van der Waals surface area contributed by atoms with Crippen LogP contribution < -0.4 is 21.3 Å². The van der Waals surface area contributed by atoms with Crippen LogP contribution in [0.1, 0.15) is 47.3 Å². The summed E-state index contributed by atoms with van der Waals surface area (Å²) in [4.78, 5) is 48.2. The molecule has 2 aromatic rings. The first-order valence-corrected chi connectivity index (χ1v) is 13.3. The van der Waals surface area contributed by atoms with Crippen molar-refractivity contribution in [3.8, 4) is 5.75 Å². The molecular formula is C27H31ClF3N5O6. The molecule has 1 heterocycles. The van der Waals surface area contributed by atoms with Gasteiger partial charge in [-0.2, -0.15) is 13.2 Å². The summed E-state index contributed by atoms with van der Waals surface area (Å²) in [6, 6.07) is 7.61. The van der Waals surface area contributed by atoms with E-state index in [1.54, 1.807) is 18.2 Å². The van der Waals surface area contributed by atoms with Crippen molar-refractivity contribution in [3.63, 3.8) is 0 Å². The van der Waals surface area contributed by atoms with Gasteiger partial charge in [0.05, 0.1) is 37.7 Å². The van der Waals surface area contributed by atoms with Gasteiger partial charge in [-0.15, -0.1) is 0 Å². The molecule has 3 rings (SSSR count). The lowest BCUT2D eigenvalue weighted by atomic mass is 9.97. The van der Waals surface area contributed by atoms with Gasteiger partial charge in [0.1, 0.15) is 11.6 Å². The third-order valence-corrected chi connectivity index (χ3v) is 6.62. The number of hydrogen-bond acceptors (Lipinski definition) is 8. The fraction of sp³-hybridized carbons (Fsp3) is 0.407. The number of amidine groups is 1. The van der Waals surface area contributed by atoms with Gasteiger partial charge in [-0.1, -0.05) is 31.0 Å². The number of carboxylic acids is 1. The van der Waals surface area contributed by atoms with Crippen LogP contribution in [0, 0.1) is 5.92 Å². The summed E-state index contributed by atoms with van der Waals surface area (Å²) in [6.45, 7) is -0.417. The number of methoxy groups -OCH3 is 1. The molecule has 11 nitrogen and oxygen atoms in total. The smallest absolute Gasteiger partial charge is 0.414 e. The van der Waals surface area contributed by atoms with E-state index < -0.39 is 49.2 Å². The molecule has 0 saturated carbocycles. The maximum absolute atomic E-state index is 13.7. The Morgan fingerprint density at radius 2 is 2.00 bits per heavy atom. The largest absolute Gasteiger partial charge is 0.496 e. The van der Waals surface area contributed by atoms with Crippen LogP contribution in [0.3, 0.4) is 0 Å². The number of carbonyl (C=O) groups excluding carboxylic acids is 2. The Morgan fingerprint density at radius 3 is 2.62 bits per heavy atom. The van der Waals surface area contributed by atoms with Crippen LogP contribution in [-0.4, -0.2) is 66.7 Å². The number of urea groups is 1. The number of nitrogens with one attached hydrogen (secondary N) is 2. The van der Waals surface area contributed by atoms with Crippen molar-refractivity contribution in [1.29, 1.82) is 0 Å². The van der Waals surface area contributed by atoms with E-state index >= 15 is 0 Å². The Bertz CT molecular complexity index is 1340. The summed E-state index contributed by atoms with van der Waals surface area (Å²) in [5.74, 6) is -2.46. The van der Waals surface area contributed by atoms with Gasteiger partial charge in [-0.25, -0.2) is 9.59 Å². The van der Waals surface area contributed by atoms with Gasteiger partial charge in [0.2, 0.25) is 5.91 Å². The van der Waals surface area contributed by atoms with E-state index in [0.717, 1.165) is 4.90 Å².